The van der Waals surface area contributed by atoms with Gasteiger partial charge in [0.05, 0.1) is 11.6 Å². The molecule has 0 saturated carbocycles. The Hall–Kier alpha value is -1.59. The van der Waals surface area contributed by atoms with Gasteiger partial charge in [-0.25, -0.2) is 4.79 Å². The molecule has 1 aromatic carbocycles. The molecule has 5 nitrogen and oxygen atoms in total. The summed E-state index contributed by atoms with van der Waals surface area (Å²) in [6, 6.07) is 3.46. The number of carboxylic acid groups (broad SMARTS) is 1. The summed E-state index contributed by atoms with van der Waals surface area (Å²) in [6.45, 7) is 3.65. The summed E-state index contributed by atoms with van der Waals surface area (Å²) in [5, 5.41) is 11.7. The standard InChI is InChI=1S/C12H15ClN2O3/c1-6(2)10(14)11(16)15-9-4-7(12(17)18)3-8(13)5-9/h3-6,10H,14H2,1-2H3,(H,15,16)(H,17,18)/t10-/m0/s1. The van der Waals surface area contributed by atoms with Crippen LogP contribution >= 0.6 is 11.6 Å². The van der Waals surface area contributed by atoms with E-state index in [0.717, 1.165) is 0 Å². The van der Waals surface area contributed by atoms with E-state index < -0.39 is 12.0 Å². The van der Waals surface area contributed by atoms with Gasteiger partial charge in [-0.05, 0) is 24.1 Å². The molecule has 98 valence electrons. The van der Waals surface area contributed by atoms with Crippen molar-refractivity contribution in [2.75, 3.05) is 5.32 Å². The first-order chi connectivity index (χ1) is 8.31. The summed E-state index contributed by atoms with van der Waals surface area (Å²) in [5.41, 5.74) is 6.01. The van der Waals surface area contributed by atoms with E-state index in [4.69, 9.17) is 22.4 Å². The summed E-state index contributed by atoms with van der Waals surface area (Å²) >= 11 is 5.77. The molecule has 0 fully saturated rings. The molecule has 1 amide bonds. The molecule has 0 unspecified atom stereocenters. The van der Waals surface area contributed by atoms with E-state index in [-0.39, 0.29) is 22.4 Å². The Kier molecular flexibility index (Phi) is 4.69. The van der Waals surface area contributed by atoms with E-state index in [0.29, 0.717) is 5.69 Å². The average molecular weight is 271 g/mol. The first kappa shape index (κ1) is 14.5. The highest BCUT2D eigenvalue weighted by Gasteiger charge is 2.17. The number of rotatable bonds is 4. The molecule has 0 aliphatic carbocycles. The van der Waals surface area contributed by atoms with Crippen molar-refractivity contribution in [2.45, 2.75) is 19.9 Å². The second kappa shape index (κ2) is 5.84. The van der Waals surface area contributed by atoms with Gasteiger partial charge < -0.3 is 16.2 Å². The summed E-state index contributed by atoms with van der Waals surface area (Å²) in [5.74, 6) is -1.49. The lowest BCUT2D eigenvalue weighted by molar-refractivity contribution is -0.118. The van der Waals surface area contributed by atoms with Crippen LogP contribution in [0.15, 0.2) is 18.2 Å². The third-order valence-electron chi connectivity index (χ3n) is 2.43. The summed E-state index contributed by atoms with van der Waals surface area (Å²) in [7, 11) is 0. The molecule has 0 saturated heterocycles. The molecule has 18 heavy (non-hydrogen) atoms. The molecule has 0 spiro atoms. The zero-order chi connectivity index (χ0) is 13.9. The van der Waals surface area contributed by atoms with Crippen molar-refractivity contribution >= 4 is 29.2 Å². The Morgan fingerprint density at radius 2 is 1.94 bits per heavy atom. The number of carboxylic acids is 1. The maximum absolute atomic E-state index is 11.7. The fourth-order valence-electron chi connectivity index (χ4n) is 1.31. The van der Waals surface area contributed by atoms with Crippen LogP contribution in [0.3, 0.4) is 0 Å². The number of halogens is 1. The molecule has 1 rings (SSSR count). The Morgan fingerprint density at radius 3 is 2.44 bits per heavy atom. The summed E-state index contributed by atoms with van der Waals surface area (Å²) < 4.78 is 0. The predicted molar refractivity (Wildman–Crippen MR) is 69.9 cm³/mol. The van der Waals surface area contributed by atoms with Gasteiger partial charge in [-0.3, -0.25) is 4.79 Å². The Balaban J connectivity index is 2.91. The van der Waals surface area contributed by atoms with Crippen LogP contribution in [0.2, 0.25) is 5.02 Å². The van der Waals surface area contributed by atoms with Crippen molar-refractivity contribution in [1.29, 1.82) is 0 Å². The number of benzene rings is 1. The zero-order valence-corrected chi connectivity index (χ0v) is 10.9. The molecule has 0 radical (unpaired) electrons. The molecule has 0 aliphatic rings. The van der Waals surface area contributed by atoms with Crippen LogP contribution in [0.5, 0.6) is 0 Å². The van der Waals surface area contributed by atoms with Gasteiger partial charge in [0, 0.05) is 10.7 Å². The molecular weight excluding hydrogens is 256 g/mol. The van der Waals surface area contributed by atoms with Crippen LogP contribution in [0.1, 0.15) is 24.2 Å². The Labute approximate surface area is 110 Å². The molecule has 6 heteroatoms. The minimum absolute atomic E-state index is 0.0101. The lowest BCUT2D eigenvalue weighted by Gasteiger charge is -2.15. The fraction of sp³-hybridized carbons (Fsp3) is 0.333. The van der Waals surface area contributed by atoms with Gasteiger partial charge in [0.25, 0.3) is 0 Å². The highest BCUT2D eigenvalue weighted by molar-refractivity contribution is 6.31. The van der Waals surface area contributed by atoms with E-state index >= 15 is 0 Å². The molecule has 1 atom stereocenters. The molecular formula is C12H15ClN2O3. The van der Waals surface area contributed by atoms with Gasteiger partial charge in [0.15, 0.2) is 0 Å². The number of carbonyl (C=O) groups excluding carboxylic acids is 1. The van der Waals surface area contributed by atoms with Crippen LogP contribution in [-0.4, -0.2) is 23.0 Å². The number of aromatic carboxylic acids is 1. The fourth-order valence-corrected chi connectivity index (χ4v) is 1.55. The van der Waals surface area contributed by atoms with E-state index in [2.05, 4.69) is 5.32 Å². The largest absolute Gasteiger partial charge is 0.478 e. The minimum Gasteiger partial charge on any atom is -0.478 e. The van der Waals surface area contributed by atoms with E-state index in [1.54, 1.807) is 0 Å². The molecule has 1 aromatic rings. The van der Waals surface area contributed by atoms with Crippen molar-refractivity contribution in [3.8, 4) is 0 Å². The molecule has 0 bridgehead atoms. The third-order valence-corrected chi connectivity index (χ3v) is 2.65. The molecule has 0 aliphatic heterocycles. The molecule has 4 N–H and O–H groups in total. The van der Waals surface area contributed by atoms with Crippen molar-refractivity contribution < 1.29 is 14.7 Å². The molecule has 0 aromatic heterocycles. The second-order valence-electron chi connectivity index (χ2n) is 4.29. The average Bonchev–Trinajstić information content (AvgIpc) is 2.26. The highest BCUT2D eigenvalue weighted by atomic mass is 35.5. The number of hydrogen-bond acceptors (Lipinski definition) is 3. The van der Waals surface area contributed by atoms with Gasteiger partial charge in [-0.1, -0.05) is 25.4 Å². The van der Waals surface area contributed by atoms with E-state index in [1.165, 1.54) is 18.2 Å². The lowest BCUT2D eigenvalue weighted by Crippen LogP contribution is -2.39. The van der Waals surface area contributed by atoms with E-state index in [1.807, 2.05) is 13.8 Å². The Morgan fingerprint density at radius 1 is 1.33 bits per heavy atom. The van der Waals surface area contributed by atoms with Crippen molar-refractivity contribution in [3.05, 3.63) is 28.8 Å². The molecule has 0 heterocycles. The second-order valence-corrected chi connectivity index (χ2v) is 4.73. The normalized spacial score (nSPS) is 12.3. The van der Waals surface area contributed by atoms with Crippen LogP contribution in [0, 0.1) is 5.92 Å². The summed E-state index contributed by atoms with van der Waals surface area (Å²) in [6.07, 6.45) is 0. The number of nitrogens with two attached hydrogens (primary N) is 1. The van der Waals surface area contributed by atoms with Gasteiger partial charge in [-0.15, -0.1) is 0 Å². The van der Waals surface area contributed by atoms with Gasteiger partial charge in [0.1, 0.15) is 0 Å². The summed E-state index contributed by atoms with van der Waals surface area (Å²) in [4.78, 5) is 22.6. The van der Waals surface area contributed by atoms with Crippen LogP contribution in [-0.2, 0) is 4.79 Å². The SMILES string of the molecule is CC(C)[C@H](N)C(=O)Nc1cc(Cl)cc(C(=O)O)c1. The van der Waals surface area contributed by atoms with Crippen molar-refractivity contribution in [1.82, 2.24) is 0 Å². The minimum atomic E-state index is -1.11. The number of anilines is 1. The van der Waals surface area contributed by atoms with Gasteiger partial charge in [-0.2, -0.15) is 0 Å². The van der Waals surface area contributed by atoms with Crippen LogP contribution < -0.4 is 11.1 Å². The predicted octanol–water partition coefficient (Wildman–Crippen LogP) is 1.96. The zero-order valence-electron chi connectivity index (χ0n) is 10.1. The number of carbonyl (C=O) groups is 2. The maximum atomic E-state index is 11.7. The van der Waals surface area contributed by atoms with Crippen LogP contribution in [0.25, 0.3) is 0 Å². The van der Waals surface area contributed by atoms with Crippen molar-refractivity contribution in [3.63, 3.8) is 0 Å². The first-order valence-corrected chi connectivity index (χ1v) is 5.79. The lowest BCUT2D eigenvalue weighted by atomic mass is 10.0. The smallest absolute Gasteiger partial charge is 0.335 e. The maximum Gasteiger partial charge on any atom is 0.335 e. The van der Waals surface area contributed by atoms with Gasteiger partial charge >= 0.3 is 5.97 Å². The van der Waals surface area contributed by atoms with Crippen molar-refractivity contribution in [2.24, 2.45) is 11.7 Å². The quantitative estimate of drug-likeness (QED) is 0.780. The topological polar surface area (TPSA) is 92.4 Å². The monoisotopic (exact) mass is 270 g/mol. The van der Waals surface area contributed by atoms with E-state index in [9.17, 15) is 9.59 Å². The van der Waals surface area contributed by atoms with Gasteiger partial charge in [0.2, 0.25) is 5.91 Å². The highest BCUT2D eigenvalue weighted by Crippen LogP contribution is 2.19. The Bertz CT molecular complexity index is 474. The third kappa shape index (κ3) is 3.72. The number of hydrogen-bond donors (Lipinski definition) is 3. The number of amides is 1. The van der Waals surface area contributed by atoms with Crippen LogP contribution in [0.4, 0.5) is 5.69 Å². The number of nitrogens with one attached hydrogen (secondary N) is 1. The first-order valence-electron chi connectivity index (χ1n) is 5.41.